The average molecular weight is 177 g/mol. The van der Waals surface area contributed by atoms with E-state index in [9.17, 15) is 4.79 Å². The molecule has 0 N–H and O–H groups in total. The number of allylic oxidation sites excluding steroid dienone is 3. The van der Waals surface area contributed by atoms with Gasteiger partial charge in [0.05, 0.1) is 0 Å². The predicted octanol–water partition coefficient (Wildman–Crippen LogP) is 1.74. The molecule has 0 amide bonds. The molecule has 0 aromatic rings. The van der Waals surface area contributed by atoms with Gasteiger partial charge in [-0.05, 0) is 13.0 Å². The smallest absolute Gasteiger partial charge is 0.349 e. The summed E-state index contributed by atoms with van der Waals surface area (Å²) < 4.78 is 4.66. The summed E-state index contributed by atoms with van der Waals surface area (Å²) in [6.45, 7) is 5.30. The number of ether oxygens (including phenoxy) is 1. The third-order valence-corrected chi connectivity index (χ3v) is 1.13. The molecule has 0 bridgehead atoms. The Bertz CT molecular complexity index is 282. The molecule has 0 unspecified atom stereocenters. The molecule has 3 heteroatoms. The van der Waals surface area contributed by atoms with E-state index in [0.29, 0.717) is 0 Å². The molecule has 0 rings (SSSR count). The van der Waals surface area contributed by atoms with E-state index in [2.05, 4.69) is 11.3 Å². The fourth-order valence-corrected chi connectivity index (χ4v) is 0.556. The lowest BCUT2D eigenvalue weighted by atomic mass is 10.2. The monoisotopic (exact) mass is 177 g/mol. The van der Waals surface area contributed by atoms with Crippen molar-refractivity contribution in [3.05, 3.63) is 36.5 Å². The zero-order chi connectivity index (χ0) is 10.1. The maximum Gasteiger partial charge on any atom is 0.349 e. The average Bonchev–Trinajstić information content (AvgIpc) is 2.16. The molecule has 0 aliphatic rings. The molecule has 0 aliphatic carbocycles. The Labute approximate surface area is 77.6 Å². The van der Waals surface area contributed by atoms with E-state index >= 15 is 0 Å². The predicted molar refractivity (Wildman–Crippen MR) is 49.7 cm³/mol. The summed E-state index contributed by atoms with van der Waals surface area (Å²) in [5.74, 6) is -0.625. The Morgan fingerprint density at radius 3 is 2.85 bits per heavy atom. The van der Waals surface area contributed by atoms with Gasteiger partial charge in [-0.1, -0.05) is 24.8 Å². The van der Waals surface area contributed by atoms with E-state index in [1.807, 2.05) is 0 Å². The van der Waals surface area contributed by atoms with Gasteiger partial charge < -0.3 is 4.74 Å². The van der Waals surface area contributed by atoms with E-state index < -0.39 is 5.97 Å². The van der Waals surface area contributed by atoms with E-state index in [0.717, 1.165) is 0 Å². The van der Waals surface area contributed by atoms with Crippen LogP contribution < -0.4 is 0 Å². The minimum Gasteiger partial charge on any atom is -0.457 e. The highest BCUT2D eigenvalue weighted by Crippen LogP contribution is 1.97. The molecule has 0 aromatic heterocycles. The van der Waals surface area contributed by atoms with E-state index in [4.69, 9.17) is 5.26 Å². The van der Waals surface area contributed by atoms with Gasteiger partial charge >= 0.3 is 5.97 Å². The zero-order valence-electron chi connectivity index (χ0n) is 7.49. The standard InChI is InChI=1S/C10H11NO2/c1-3-5-6-9(8-11)10(12)13-7-4-2/h3-6H,2,7H2,1H3. The number of rotatable bonds is 4. The van der Waals surface area contributed by atoms with Crippen molar-refractivity contribution in [3.63, 3.8) is 0 Å². The van der Waals surface area contributed by atoms with E-state index in [1.54, 1.807) is 25.1 Å². The van der Waals surface area contributed by atoms with Crippen LogP contribution in [0, 0.1) is 11.3 Å². The first-order chi connectivity index (χ1) is 6.26. The van der Waals surface area contributed by atoms with Crippen LogP contribution in [0.25, 0.3) is 0 Å². The Kier molecular flexibility index (Phi) is 5.90. The van der Waals surface area contributed by atoms with Gasteiger partial charge in [0.2, 0.25) is 0 Å². The number of hydrogen-bond acceptors (Lipinski definition) is 3. The second-order valence-electron chi connectivity index (χ2n) is 2.11. The number of carbonyl (C=O) groups excluding carboxylic acids is 1. The topological polar surface area (TPSA) is 50.1 Å². The van der Waals surface area contributed by atoms with Crippen molar-refractivity contribution in [3.8, 4) is 6.07 Å². The molecule has 0 aliphatic heterocycles. The van der Waals surface area contributed by atoms with Crippen molar-refractivity contribution in [2.45, 2.75) is 6.92 Å². The molecule has 0 heterocycles. The fraction of sp³-hybridized carbons (Fsp3) is 0.200. The molecule has 0 spiro atoms. The van der Waals surface area contributed by atoms with Gasteiger partial charge in [-0.3, -0.25) is 0 Å². The SMILES string of the molecule is C=CCOC(=O)C(C#N)=CC=CC. The molecule has 3 nitrogen and oxygen atoms in total. The van der Waals surface area contributed by atoms with Gasteiger partial charge in [-0.2, -0.15) is 5.26 Å². The summed E-state index contributed by atoms with van der Waals surface area (Å²) in [6.07, 6.45) is 6.18. The van der Waals surface area contributed by atoms with E-state index in [-0.39, 0.29) is 12.2 Å². The van der Waals surface area contributed by atoms with Crippen LogP contribution in [0.2, 0.25) is 0 Å². The zero-order valence-corrected chi connectivity index (χ0v) is 7.49. The van der Waals surface area contributed by atoms with Crippen LogP contribution in [-0.2, 0) is 9.53 Å². The number of nitriles is 1. The van der Waals surface area contributed by atoms with Crippen LogP contribution in [-0.4, -0.2) is 12.6 Å². The maximum atomic E-state index is 11.0. The Balaban J connectivity index is 4.34. The van der Waals surface area contributed by atoms with Crippen molar-refractivity contribution in [1.29, 1.82) is 5.26 Å². The quantitative estimate of drug-likeness (QED) is 0.216. The Morgan fingerprint density at radius 1 is 1.69 bits per heavy atom. The largest absolute Gasteiger partial charge is 0.457 e. The first-order valence-corrected chi connectivity index (χ1v) is 3.77. The summed E-state index contributed by atoms with van der Waals surface area (Å²) >= 11 is 0. The van der Waals surface area contributed by atoms with Gasteiger partial charge in [0.25, 0.3) is 0 Å². The summed E-state index contributed by atoms with van der Waals surface area (Å²) in [7, 11) is 0. The van der Waals surface area contributed by atoms with Gasteiger partial charge in [0.15, 0.2) is 0 Å². The molecule has 13 heavy (non-hydrogen) atoms. The summed E-state index contributed by atoms with van der Waals surface area (Å²) in [5.41, 5.74) is -0.0139. The highest BCUT2D eigenvalue weighted by Gasteiger charge is 2.07. The molecular formula is C10H11NO2. The van der Waals surface area contributed by atoms with Crippen LogP contribution in [0.3, 0.4) is 0 Å². The summed E-state index contributed by atoms with van der Waals surface area (Å²) in [4.78, 5) is 11.0. The lowest BCUT2D eigenvalue weighted by Crippen LogP contribution is -2.06. The minimum absolute atomic E-state index is 0.0139. The third-order valence-electron chi connectivity index (χ3n) is 1.13. The molecule has 0 saturated heterocycles. The lowest BCUT2D eigenvalue weighted by molar-refractivity contribution is -0.137. The van der Waals surface area contributed by atoms with Crippen molar-refractivity contribution in [2.24, 2.45) is 0 Å². The highest BCUT2D eigenvalue weighted by atomic mass is 16.5. The molecule has 0 radical (unpaired) electrons. The van der Waals surface area contributed by atoms with Crippen LogP contribution in [0.1, 0.15) is 6.92 Å². The lowest BCUT2D eigenvalue weighted by Gasteiger charge is -1.97. The first kappa shape index (κ1) is 11.2. The van der Waals surface area contributed by atoms with Gasteiger partial charge in [-0.25, -0.2) is 4.79 Å². The maximum absolute atomic E-state index is 11.0. The number of hydrogen-bond donors (Lipinski definition) is 0. The first-order valence-electron chi connectivity index (χ1n) is 3.77. The molecular weight excluding hydrogens is 166 g/mol. The number of carbonyl (C=O) groups is 1. The van der Waals surface area contributed by atoms with Crippen molar-refractivity contribution in [2.75, 3.05) is 6.61 Å². The molecule has 0 saturated carbocycles. The van der Waals surface area contributed by atoms with Gasteiger partial charge in [0, 0.05) is 0 Å². The van der Waals surface area contributed by atoms with Crippen LogP contribution in [0.5, 0.6) is 0 Å². The molecule has 0 atom stereocenters. The Hall–Kier alpha value is -1.82. The second-order valence-corrected chi connectivity index (χ2v) is 2.11. The second kappa shape index (κ2) is 6.86. The third kappa shape index (κ3) is 4.59. The van der Waals surface area contributed by atoms with Crippen LogP contribution in [0.4, 0.5) is 0 Å². The summed E-state index contributed by atoms with van der Waals surface area (Å²) in [5, 5.41) is 8.54. The number of nitrogens with zero attached hydrogens (tertiary/aromatic N) is 1. The summed E-state index contributed by atoms with van der Waals surface area (Å²) in [6, 6.07) is 1.75. The Morgan fingerprint density at radius 2 is 2.38 bits per heavy atom. The van der Waals surface area contributed by atoms with Crippen LogP contribution >= 0.6 is 0 Å². The number of esters is 1. The molecule has 0 aromatic carbocycles. The minimum atomic E-state index is -0.625. The van der Waals surface area contributed by atoms with Crippen molar-refractivity contribution >= 4 is 5.97 Å². The molecule has 68 valence electrons. The molecule has 0 fully saturated rings. The van der Waals surface area contributed by atoms with Crippen molar-refractivity contribution < 1.29 is 9.53 Å². The van der Waals surface area contributed by atoms with Crippen LogP contribution in [0.15, 0.2) is 36.5 Å². The van der Waals surface area contributed by atoms with Gasteiger partial charge in [0.1, 0.15) is 18.2 Å². The van der Waals surface area contributed by atoms with E-state index in [1.165, 1.54) is 12.2 Å². The normalized spacial score (nSPS) is 10.9. The van der Waals surface area contributed by atoms with Crippen molar-refractivity contribution in [1.82, 2.24) is 0 Å². The highest BCUT2D eigenvalue weighted by molar-refractivity contribution is 5.93. The fourth-order valence-electron chi connectivity index (χ4n) is 0.556. The van der Waals surface area contributed by atoms with Gasteiger partial charge in [-0.15, -0.1) is 0 Å².